The Hall–Kier alpha value is -5.54. The highest BCUT2D eigenvalue weighted by Gasteiger charge is 2.39. The van der Waals surface area contributed by atoms with E-state index in [0.29, 0.717) is 41.9 Å². The molecule has 0 aliphatic carbocycles. The third kappa shape index (κ3) is 7.46. The summed E-state index contributed by atoms with van der Waals surface area (Å²) in [7, 11) is 2.16. The number of fused-ring (bicyclic) bond motifs is 2. The number of aromatic amines is 1. The fourth-order valence-corrected chi connectivity index (χ4v) is 8.45. The zero-order chi connectivity index (χ0) is 37.2. The summed E-state index contributed by atoms with van der Waals surface area (Å²) in [5.74, 6) is 7.56. The molecule has 3 fully saturated rings. The lowest BCUT2D eigenvalue weighted by Gasteiger charge is -2.32. The highest BCUT2D eigenvalue weighted by molar-refractivity contribution is 6.06. The van der Waals surface area contributed by atoms with Gasteiger partial charge in [-0.15, -0.1) is 0 Å². The molecule has 3 aromatic heterocycles. The smallest absolute Gasteiger partial charge is 0.258 e. The monoisotopic (exact) mass is 726 g/mol. The third-order valence-electron chi connectivity index (χ3n) is 11.6. The van der Waals surface area contributed by atoms with E-state index in [1.807, 2.05) is 36.5 Å². The van der Waals surface area contributed by atoms with Gasteiger partial charge >= 0.3 is 0 Å². The van der Waals surface area contributed by atoms with Crippen LogP contribution in [-0.2, 0) is 16.1 Å². The summed E-state index contributed by atoms with van der Waals surface area (Å²) in [6.07, 6.45) is 12.7. The highest BCUT2D eigenvalue weighted by Crippen LogP contribution is 2.33. The number of anilines is 2. The number of unbranched alkanes of at least 4 members (excludes halogenated alkanes) is 2. The number of piperidine rings is 2. The molecule has 4 aliphatic rings. The maximum atomic E-state index is 13.1. The molecule has 0 bridgehead atoms. The first kappa shape index (κ1) is 35.5. The summed E-state index contributed by atoms with van der Waals surface area (Å²) < 4.78 is 0. The van der Waals surface area contributed by atoms with E-state index >= 15 is 0 Å². The Bertz CT molecular complexity index is 2140. The minimum Gasteiger partial charge on any atom is -0.357 e. The average molecular weight is 727 g/mol. The number of hydrogen-bond donors (Lipinski definition) is 3. The van der Waals surface area contributed by atoms with Crippen molar-refractivity contribution in [3.8, 4) is 11.8 Å². The average Bonchev–Trinajstić information content (AvgIpc) is 3.90. The van der Waals surface area contributed by atoms with Crippen LogP contribution in [-0.4, -0.2) is 81.1 Å². The van der Waals surface area contributed by atoms with E-state index in [4.69, 9.17) is 0 Å². The normalized spacial score (nSPS) is 20.6. The van der Waals surface area contributed by atoms with Crippen molar-refractivity contribution in [1.82, 2.24) is 30.1 Å². The Morgan fingerprint density at radius 3 is 2.61 bits per heavy atom. The number of carbonyl (C=O) groups excluding carboxylic acids is 4. The second-order valence-electron chi connectivity index (χ2n) is 15.1. The Labute approximate surface area is 315 Å². The number of amides is 4. The summed E-state index contributed by atoms with van der Waals surface area (Å²) in [6.45, 7) is 3.32. The Morgan fingerprint density at radius 1 is 0.963 bits per heavy atom. The van der Waals surface area contributed by atoms with Gasteiger partial charge in [0.1, 0.15) is 17.7 Å². The maximum absolute atomic E-state index is 13.1. The van der Waals surface area contributed by atoms with Gasteiger partial charge in [-0.2, -0.15) is 0 Å². The van der Waals surface area contributed by atoms with Crippen molar-refractivity contribution in [2.45, 2.75) is 82.8 Å². The summed E-state index contributed by atoms with van der Waals surface area (Å²) in [5.41, 5.74) is 4.94. The number of hydrogen-bond acceptors (Lipinski definition) is 8. The number of pyridine rings is 2. The van der Waals surface area contributed by atoms with Gasteiger partial charge in [0.15, 0.2) is 0 Å². The topological polar surface area (TPSA) is 144 Å². The predicted octanol–water partition coefficient (Wildman–Crippen LogP) is 5.57. The van der Waals surface area contributed by atoms with Crippen LogP contribution in [0.5, 0.6) is 0 Å². The van der Waals surface area contributed by atoms with Crippen LogP contribution < -0.4 is 15.5 Å². The molecule has 1 unspecified atom stereocenters. The quantitative estimate of drug-likeness (QED) is 0.116. The minimum absolute atomic E-state index is 0.176. The first-order valence-corrected chi connectivity index (χ1v) is 19.3. The lowest BCUT2D eigenvalue weighted by atomic mass is 9.91. The first-order valence-electron chi connectivity index (χ1n) is 19.3. The number of imide groups is 1. The Balaban J connectivity index is 0.766. The molecule has 0 spiro atoms. The zero-order valence-corrected chi connectivity index (χ0v) is 30.7. The lowest BCUT2D eigenvalue weighted by Crippen LogP contribution is -2.52. The van der Waals surface area contributed by atoms with Gasteiger partial charge < -0.3 is 20.1 Å². The molecule has 4 amide bonds. The highest BCUT2D eigenvalue weighted by atomic mass is 16.2. The molecule has 3 N–H and O–H groups in total. The zero-order valence-electron chi connectivity index (χ0n) is 30.7. The van der Waals surface area contributed by atoms with Crippen molar-refractivity contribution in [2.24, 2.45) is 5.92 Å². The van der Waals surface area contributed by atoms with E-state index in [-0.39, 0.29) is 24.1 Å². The van der Waals surface area contributed by atoms with E-state index in [2.05, 4.69) is 60.3 Å². The predicted molar refractivity (Wildman–Crippen MR) is 206 cm³/mol. The molecule has 278 valence electrons. The molecule has 1 aromatic carbocycles. The Morgan fingerprint density at radius 2 is 1.83 bits per heavy atom. The molecule has 3 saturated heterocycles. The lowest BCUT2D eigenvalue weighted by molar-refractivity contribution is -0.136. The van der Waals surface area contributed by atoms with E-state index in [0.717, 1.165) is 86.0 Å². The SMILES string of the molecule is CN1CCC[C@@H]1c1cc2cnc(NC(=O)c3ccc(N4CCC(CCCCC#Cc5cccc6c5CN(C5CCC(=O)NC5=O)C6=O)CC4)nc3)cc2[nH]1. The molecule has 4 aromatic rings. The van der Waals surface area contributed by atoms with Crippen LogP contribution in [0, 0.1) is 17.8 Å². The van der Waals surface area contributed by atoms with Gasteiger partial charge in [-0.3, -0.25) is 29.4 Å². The largest absolute Gasteiger partial charge is 0.357 e. The molecule has 2 atom stereocenters. The number of rotatable bonds is 9. The molecule has 4 aliphatic heterocycles. The number of benzene rings is 1. The molecule has 12 nitrogen and oxygen atoms in total. The van der Waals surface area contributed by atoms with Crippen molar-refractivity contribution in [2.75, 3.05) is 36.9 Å². The van der Waals surface area contributed by atoms with Crippen molar-refractivity contribution in [3.63, 3.8) is 0 Å². The van der Waals surface area contributed by atoms with Gasteiger partial charge in [0.05, 0.1) is 11.1 Å². The van der Waals surface area contributed by atoms with E-state index < -0.39 is 11.9 Å². The summed E-state index contributed by atoms with van der Waals surface area (Å²) in [4.78, 5) is 69.0. The van der Waals surface area contributed by atoms with Gasteiger partial charge in [-0.25, -0.2) is 9.97 Å². The summed E-state index contributed by atoms with van der Waals surface area (Å²) in [6, 6.07) is 13.2. The van der Waals surface area contributed by atoms with Gasteiger partial charge in [-0.1, -0.05) is 30.7 Å². The van der Waals surface area contributed by atoms with Crippen LogP contribution >= 0.6 is 0 Å². The van der Waals surface area contributed by atoms with Crippen molar-refractivity contribution < 1.29 is 19.2 Å². The molecule has 0 saturated carbocycles. The molecule has 54 heavy (non-hydrogen) atoms. The van der Waals surface area contributed by atoms with E-state index in [9.17, 15) is 19.2 Å². The van der Waals surface area contributed by atoms with Crippen molar-refractivity contribution in [1.29, 1.82) is 0 Å². The molecular formula is C42H46N8O4. The summed E-state index contributed by atoms with van der Waals surface area (Å²) >= 11 is 0. The fraction of sp³-hybridized carbons (Fsp3) is 0.429. The van der Waals surface area contributed by atoms with Crippen LogP contribution in [0.3, 0.4) is 0 Å². The van der Waals surface area contributed by atoms with Crippen LogP contribution in [0.25, 0.3) is 10.9 Å². The maximum Gasteiger partial charge on any atom is 0.258 e. The van der Waals surface area contributed by atoms with Crippen molar-refractivity contribution >= 4 is 46.2 Å². The van der Waals surface area contributed by atoms with Gasteiger partial charge in [0.2, 0.25) is 11.8 Å². The molecular weight excluding hydrogens is 681 g/mol. The minimum atomic E-state index is -0.626. The fourth-order valence-electron chi connectivity index (χ4n) is 8.45. The first-order chi connectivity index (χ1) is 26.3. The number of nitrogens with zero attached hydrogens (tertiary/aromatic N) is 5. The number of nitrogens with one attached hydrogen (secondary N) is 3. The summed E-state index contributed by atoms with van der Waals surface area (Å²) in [5, 5.41) is 6.33. The number of aromatic nitrogens is 3. The Kier molecular flexibility index (Phi) is 10.1. The van der Waals surface area contributed by atoms with Crippen LogP contribution in [0.15, 0.2) is 54.9 Å². The molecule has 8 rings (SSSR count). The molecule has 0 radical (unpaired) electrons. The van der Waals surface area contributed by atoms with Gasteiger partial charge in [0.25, 0.3) is 11.8 Å². The molecule has 7 heterocycles. The van der Waals surface area contributed by atoms with Gasteiger partial charge in [-0.05, 0) is 93.9 Å². The van der Waals surface area contributed by atoms with Crippen molar-refractivity contribution in [3.05, 3.63) is 82.8 Å². The number of likely N-dealkylation sites (tertiary alicyclic amines) is 1. The van der Waals surface area contributed by atoms with E-state index in [1.54, 1.807) is 17.2 Å². The molecule has 12 heteroatoms. The second kappa shape index (κ2) is 15.4. The van der Waals surface area contributed by atoms with Gasteiger partial charge in [0, 0.05) is 79.2 Å². The number of carbonyl (C=O) groups is 4. The standard InChI is InChI=1S/C42H46N8O4/c1-48-19-7-12-35(48)34-22-30-25-43-37(23-33(30)45-34)46-40(52)29-13-15-38(44-24-29)49-20-17-27(18-21-49)8-4-2-3-5-9-28-10-6-11-31-32(28)26-50(42(31)54)36-14-16-39(51)47-41(36)53/h6,10-11,13,15,22-25,27,35-36,45H,2-4,7-8,12,14,16-21,26H2,1H3,(H,43,46,52)(H,47,51,53)/t35-,36?/m1/s1. The third-order valence-corrected chi connectivity index (χ3v) is 11.6. The van der Waals surface area contributed by atoms with E-state index in [1.165, 1.54) is 18.5 Å². The van der Waals surface area contributed by atoms with Crippen LogP contribution in [0.2, 0.25) is 0 Å². The van der Waals surface area contributed by atoms with Crippen LogP contribution in [0.1, 0.15) is 108 Å². The second-order valence-corrected chi connectivity index (χ2v) is 15.1. The van der Waals surface area contributed by atoms with Crippen LogP contribution in [0.4, 0.5) is 11.6 Å². The number of H-pyrrole nitrogens is 1.